The molecule has 2 aromatic rings. The summed E-state index contributed by atoms with van der Waals surface area (Å²) in [5.41, 5.74) is 1.92. The number of rotatable bonds is 4. The summed E-state index contributed by atoms with van der Waals surface area (Å²) in [6.07, 6.45) is 0.751. The molecule has 1 N–H and O–H groups in total. The molecule has 0 bridgehead atoms. The Bertz CT molecular complexity index is 774. The fourth-order valence-corrected chi connectivity index (χ4v) is 3.85. The van der Waals surface area contributed by atoms with Crippen molar-refractivity contribution in [2.24, 2.45) is 0 Å². The summed E-state index contributed by atoms with van der Waals surface area (Å²) in [6, 6.07) is 13.6. The van der Waals surface area contributed by atoms with Gasteiger partial charge in [-0.15, -0.1) is 11.8 Å². The smallest absolute Gasteiger partial charge is 0.230 e. The Labute approximate surface area is 158 Å². The van der Waals surface area contributed by atoms with Crippen LogP contribution in [0.25, 0.3) is 0 Å². The van der Waals surface area contributed by atoms with Crippen molar-refractivity contribution in [3.05, 3.63) is 58.6 Å². The van der Waals surface area contributed by atoms with Crippen molar-refractivity contribution < 1.29 is 9.53 Å². The molecule has 1 heterocycles. The Kier molecular flexibility index (Phi) is 5.30. The summed E-state index contributed by atoms with van der Waals surface area (Å²) >= 11 is 7.40. The van der Waals surface area contributed by atoms with Crippen molar-refractivity contribution in [1.82, 2.24) is 5.32 Å². The van der Waals surface area contributed by atoms with Crippen LogP contribution in [0.4, 0.5) is 0 Å². The predicted molar refractivity (Wildman–Crippen MR) is 104 cm³/mol. The van der Waals surface area contributed by atoms with Gasteiger partial charge in [-0.25, -0.2) is 0 Å². The number of halogens is 1. The first-order valence-corrected chi connectivity index (χ1v) is 9.66. The summed E-state index contributed by atoms with van der Waals surface area (Å²) in [5.74, 6) is 1.26. The van der Waals surface area contributed by atoms with Gasteiger partial charge in [0.05, 0.1) is 11.8 Å². The minimum absolute atomic E-state index is 0.0232. The van der Waals surface area contributed by atoms with Crippen molar-refractivity contribution in [3.8, 4) is 5.75 Å². The number of benzene rings is 2. The van der Waals surface area contributed by atoms with Gasteiger partial charge < -0.3 is 10.1 Å². The molecule has 0 saturated carbocycles. The number of aryl methyl sites for hydroxylation is 1. The number of hydrogen-bond donors (Lipinski definition) is 1. The van der Waals surface area contributed by atoms with Crippen LogP contribution in [0.2, 0.25) is 5.02 Å². The molecular weight excluding hydrogens is 354 g/mol. The van der Waals surface area contributed by atoms with Gasteiger partial charge in [0.25, 0.3) is 0 Å². The van der Waals surface area contributed by atoms with Crippen molar-refractivity contribution in [2.45, 2.75) is 43.7 Å². The summed E-state index contributed by atoms with van der Waals surface area (Å²) in [6.45, 7) is 6.16. The SMILES string of the molecule is Cc1ccc2c(c1)[C@H](NC(=O)CSc1ccc(Cl)cc1)CC(C)(C)O2. The minimum atomic E-state index is -0.302. The second kappa shape index (κ2) is 7.30. The van der Waals surface area contributed by atoms with Crippen LogP contribution in [-0.4, -0.2) is 17.3 Å². The van der Waals surface area contributed by atoms with Gasteiger partial charge in [0.15, 0.2) is 0 Å². The zero-order valence-electron chi connectivity index (χ0n) is 14.6. The van der Waals surface area contributed by atoms with Crippen LogP contribution in [0, 0.1) is 6.92 Å². The molecule has 1 amide bonds. The number of nitrogens with one attached hydrogen (secondary N) is 1. The first kappa shape index (κ1) is 18.2. The molecule has 0 radical (unpaired) electrons. The van der Waals surface area contributed by atoms with E-state index in [1.165, 1.54) is 11.8 Å². The third-order valence-corrected chi connectivity index (χ3v) is 5.41. The van der Waals surface area contributed by atoms with E-state index in [1.54, 1.807) is 0 Å². The molecule has 1 aliphatic rings. The number of thioether (sulfide) groups is 1. The van der Waals surface area contributed by atoms with Crippen LogP contribution >= 0.6 is 23.4 Å². The van der Waals surface area contributed by atoms with Crippen LogP contribution < -0.4 is 10.1 Å². The third kappa shape index (κ3) is 4.71. The molecule has 0 spiro atoms. The topological polar surface area (TPSA) is 38.3 Å². The van der Waals surface area contributed by atoms with Crippen molar-refractivity contribution in [1.29, 1.82) is 0 Å². The Morgan fingerprint density at radius 2 is 2.00 bits per heavy atom. The van der Waals surface area contributed by atoms with Gasteiger partial charge in [-0.2, -0.15) is 0 Å². The fraction of sp³-hybridized carbons (Fsp3) is 0.350. The zero-order chi connectivity index (χ0) is 18.0. The molecule has 0 unspecified atom stereocenters. The van der Waals surface area contributed by atoms with Crippen LogP contribution in [0.15, 0.2) is 47.4 Å². The molecular formula is C20H22ClNO2S. The van der Waals surface area contributed by atoms with E-state index < -0.39 is 0 Å². The lowest BCUT2D eigenvalue weighted by Gasteiger charge is -2.38. The number of carbonyl (C=O) groups is 1. The van der Waals surface area contributed by atoms with Crippen molar-refractivity contribution >= 4 is 29.3 Å². The van der Waals surface area contributed by atoms with E-state index >= 15 is 0 Å². The Morgan fingerprint density at radius 3 is 2.72 bits per heavy atom. The molecule has 0 fully saturated rings. The van der Waals surface area contributed by atoms with E-state index in [0.717, 1.165) is 28.2 Å². The van der Waals surface area contributed by atoms with Gasteiger partial charge in [-0.3, -0.25) is 4.79 Å². The highest BCUT2D eigenvalue weighted by Gasteiger charge is 2.34. The van der Waals surface area contributed by atoms with Crippen LogP contribution in [0.1, 0.15) is 37.4 Å². The standard InChI is InChI=1S/C20H22ClNO2S/c1-13-4-9-18-16(10-13)17(11-20(2,3)24-18)22-19(23)12-25-15-7-5-14(21)6-8-15/h4-10,17H,11-12H2,1-3H3,(H,22,23)/t17-/m1/s1. The third-order valence-electron chi connectivity index (χ3n) is 4.14. The summed E-state index contributed by atoms with van der Waals surface area (Å²) in [5, 5.41) is 3.87. The highest BCUT2D eigenvalue weighted by Crippen LogP contribution is 2.39. The lowest BCUT2D eigenvalue weighted by Crippen LogP contribution is -2.41. The molecule has 2 aromatic carbocycles. The highest BCUT2D eigenvalue weighted by molar-refractivity contribution is 8.00. The lowest BCUT2D eigenvalue weighted by atomic mass is 9.89. The molecule has 1 atom stereocenters. The number of fused-ring (bicyclic) bond motifs is 1. The molecule has 3 nitrogen and oxygen atoms in total. The number of carbonyl (C=O) groups excluding carboxylic acids is 1. The van der Waals surface area contributed by atoms with E-state index in [2.05, 4.69) is 32.2 Å². The average molecular weight is 376 g/mol. The molecule has 0 aromatic heterocycles. The second-order valence-electron chi connectivity index (χ2n) is 6.97. The van der Waals surface area contributed by atoms with Crippen molar-refractivity contribution in [3.63, 3.8) is 0 Å². The molecule has 0 saturated heterocycles. The van der Waals surface area contributed by atoms with E-state index in [9.17, 15) is 4.79 Å². The number of hydrogen-bond acceptors (Lipinski definition) is 3. The lowest BCUT2D eigenvalue weighted by molar-refractivity contribution is -0.119. The fourth-order valence-electron chi connectivity index (χ4n) is 3.02. The predicted octanol–water partition coefficient (Wildman–Crippen LogP) is 5.16. The van der Waals surface area contributed by atoms with Gasteiger partial charge in [0.2, 0.25) is 5.91 Å². The van der Waals surface area contributed by atoms with Crippen LogP contribution in [-0.2, 0) is 4.79 Å². The van der Waals surface area contributed by atoms with Crippen LogP contribution in [0.3, 0.4) is 0 Å². The van der Waals surface area contributed by atoms with Gasteiger partial charge >= 0.3 is 0 Å². The molecule has 0 aliphatic carbocycles. The Hall–Kier alpha value is -1.65. The van der Waals surface area contributed by atoms with Gasteiger partial charge in [-0.05, 0) is 51.1 Å². The molecule has 5 heteroatoms. The number of ether oxygens (including phenoxy) is 1. The summed E-state index contributed by atoms with van der Waals surface area (Å²) < 4.78 is 6.06. The molecule has 25 heavy (non-hydrogen) atoms. The van der Waals surface area contributed by atoms with E-state index in [1.807, 2.05) is 36.4 Å². The largest absolute Gasteiger partial charge is 0.487 e. The molecule has 1 aliphatic heterocycles. The Balaban J connectivity index is 1.68. The van der Waals surface area contributed by atoms with E-state index in [4.69, 9.17) is 16.3 Å². The van der Waals surface area contributed by atoms with Gasteiger partial charge in [0, 0.05) is 21.9 Å². The van der Waals surface area contributed by atoms with Gasteiger partial charge in [0.1, 0.15) is 11.4 Å². The second-order valence-corrected chi connectivity index (χ2v) is 8.46. The van der Waals surface area contributed by atoms with Crippen molar-refractivity contribution in [2.75, 3.05) is 5.75 Å². The maximum absolute atomic E-state index is 12.5. The molecule has 3 rings (SSSR count). The van der Waals surface area contributed by atoms with E-state index in [-0.39, 0.29) is 17.6 Å². The minimum Gasteiger partial charge on any atom is -0.487 e. The quantitative estimate of drug-likeness (QED) is 0.750. The summed E-state index contributed by atoms with van der Waals surface area (Å²) in [7, 11) is 0. The molecule has 132 valence electrons. The first-order valence-electron chi connectivity index (χ1n) is 8.30. The zero-order valence-corrected chi connectivity index (χ0v) is 16.2. The highest BCUT2D eigenvalue weighted by atomic mass is 35.5. The Morgan fingerprint density at radius 1 is 1.28 bits per heavy atom. The van der Waals surface area contributed by atoms with Crippen LogP contribution in [0.5, 0.6) is 5.75 Å². The van der Waals surface area contributed by atoms with E-state index in [0.29, 0.717) is 10.8 Å². The average Bonchev–Trinajstić information content (AvgIpc) is 2.54. The summed E-state index contributed by atoms with van der Waals surface area (Å²) in [4.78, 5) is 13.5. The first-order chi connectivity index (χ1) is 11.8. The monoisotopic (exact) mass is 375 g/mol. The maximum Gasteiger partial charge on any atom is 0.230 e. The maximum atomic E-state index is 12.5. The normalized spacial score (nSPS) is 18.2. The number of amides is 1. The van der Waals surface area contributed by atoms with Gasteiger partial charge in [-0.1, -0.05) is 29.3 Å².